The maximum atomic E-state index is 11.8. The third-order valence-corrected chi connectivity index (χ3v) is 3.11. The molecular weight excluding hydrogens is 310 g/mol. The van der Waals surface area contributed by atoms with Crippen LogP contribution in [-0.4, -0.2) is 37.0 Å². The van der Waals surface area contributed by atoms with Gasteiger partial charge in [0.2, 0.25) is 5.91 Å². The van der Waals surface area contributed by atoms with Crippen LogP contribution in [0.2, 0.25) is 0 Å². The van der Waals surface area contributed by atoms with E-state index in [1.807, 2.05) is 24.3 Å². The molecule has 1 aromatic rings. The Bertz CT molecular complexity index is 448. The van der Waals surface area contributed by atoms with Crippen molar-refractivity contribution >= 4 is 27.8 Å². The van der Waals surface area contributed by atoms with E-state index in [4.69, 9.17) is 4.74 Å². The number of amides is 1. The Morgan fingerprint density at radius 1 is 1.37 bits per heavy atom. The van der Waals surface area contributed by atoms with Crippen LogP contribution in [0.1, 0.15) is 18.9 Å². The predicted octanol–water partition coefficient (Wildman–Crippen LogP) is 2.40. The minimum atomic E-state index is -0.374. The molecule has 1 aromatic carbocycles. The minimum Gasteiger partial charge on any atom is -0.465 e. The van der Waals surface area contributed by atoms with Gasteiger partial charge in [-0.05, 0) is 31.0 Å². The van der Waals surface area contributed by atoms with Gasteiger partial charge >= 0.3 is 5.97 Å². The van der Waals surface area contributed by atoms with Crippen molar-refractivity contribution in [3.05, 3.63) is 34.3 Å². The number of likely N-dealkylation sites (N-methyl/N-ethyl adjacent to an activating group) is 1. The number of rotatable bonds is 6. The Kier molecular flexibility index (Phi) is 6.56. The van der Waals surface area contributed by atoms with E-state index in [1.165, 1.54) is 4.90 Å². The lowest BCUT2D eigenvalue weighted by Crippen LogP contribution is -2.33. The fraction of sp³-hybridized carbons (Fsp3) is 0.429. The molecule has 1 amide bonds. The monoisotopic (exact) mass is 327 g/mol. The van der Waals surface area contributed by atoms with Gasteiger partial charge in [0.25, 0.3) is 0 Å². The Morgan fingerprint density at radius 2 is 2.11 bits per heavy atom. The number of hydrogen-bond donors (Lipinski definition) is 0. The third-order valence-electron chi connectivity index (χ3n) is 2.61. The van der Waals surface area contributed by atoms with E-state index in [0.29, 0.717) is 19.4 Å². The van der Waals surface area contributed by atoms with Crippen molar-refractivity contribution in [2.24, 2.45) is 0 Å². The molecule has 4 nitrogen and oxygen atoms in total. The summed E-state index contributed by atoms with van der Waals surface area (Å²) < 4.78 is 5.80. The molecule has 0 heterocycles. The molecule has 0 unspecified atom stereocenters. The van der Waals surface area contributed by atoms with Crippen LogP contribution in [0.5, 0.6) is 0 Å². The SMILES string of the molecule is CCOC(=O)CN(C)C(=O)CCc1cccc(Br)c1. The molecule has 0 fully saturated rings. The first-order chi connectivity index (χ1) is 9.02. The standard InChI is InChI=1S/C14H18BrNO3/c1-3-19-14(18)10-16(2)13(17)8-7-11-5-4-6-12(15)9-11/h4-6,9H,3,7-8,10H2,1-2H3. The summed E-state index contributed by atoms with van der Waals surface area (Å²) >= 11 is 3.39. The number of benzene rings is 1. The Morgan fingerprint density at radius 3 is 2.74 bits per heavy atom. The summed E-state index contributed by atoms with van der Waals surface area (Å²) in [5.74, 6) is -0.436. The van der Waals surface area contributed by atoms with Crippen molar-refractivity contribution in [1.29, 1.82) is 0 Å². The first kappa shape index (κ1) is 15.7. The number of esters is 1. The summed E-state index contributed by atoms with van der Waals surface area (Å²) in [5, 5.41) is 0. The van der Waals surface area contributed by atoms with Crippen molar-refractivity contribution < 1.29 is 14.3 Å². The Balaban J connectivity index is 2.40. The summed E-state index contributed by atoms with van der Waals surface area (Å²) in [6, 6.07) is 7.84. The highest BCUT2D eigenvalue weighted by molar-refractivity contribution is 9.10. The molecule has 0 aliphatic heterocycles. The Hall–Kier alpha value is -1.36. The highest BCUT2D eigenvalue weighted by Crippen LogP contribution is 2.13. The van der Waals surface area contributed by atoms with E-state index in [-0.39, 0.29) is 18.4 Å². The fourth-order valence-corrected chi connectivity index (χ4v) is 2.07. The van der Waals surface area contributed by atoms with Crippen LogP contribution in [0, 0.1) is 0 Å². The van der Waals surface area contributed by atoms with Gasteiger partial charge < -0.3 is 9.64 Å². The summed E-state index contributed by atoms with van der Waals surface area (Å²) in [6.45, 7) is 2.08. The van der Waals surface area contributed by atoms with E-state index >= 15 is 0 Å². The van der Waals surface area contributed by atoms with Gasteiger partial charge in [0.15, 0.2) is 0 Å². The van der Waals surface area contributed by atoms with Crippen LogP contribution in [0.4, 0.5) is 0 Å². The molecule has 0 N–H and O–H groups in total. The molecule has 0 aliphatic rings. The van der Waals surface area contributed by atoms with Crippen molar-refractivity contribution in [3.63, 3.8) is 0 Å². The van der Waals surface area contributed by atoms with E-state index in [1.54, 1.807) is 14.0 Å². The molecule has 5 heteroatoms. The first-order valence-electron chi connectivity index (χ1n) is 6.17. The van der Waals surface area contributed by atoms with E-state index in [9.17, 15) is 9.59 Å². The molecule has 104 valence electrons. The van der Waals surface area contributed by atoms with Gasteiger partial charge in [-0.2, -0.15) is 0 Å². The quantitative estimate of drug-likeness (QED) is 0.754. The lowest BCUT2D eigenvalue weighted by atomic mass is 10.1. The largest absolute Gasteiger partial charge is 0.465 e. The molecule has 0 atom stereocenters. The number of halogens is 1. The van der Waals surface area contributed by atoms with Crippen LogP contribution in [0.15, 0.2) is 28.7 Å². The summed E-state index contributed by atoms with van der Waals surface area (Å²) in [5.41, 5.74) is 1.09. The van der Waals surface area contributed by atoms with Gasteiger partial charge in [0, 0.05) is 17.9 Å². The van der Waals surface area contributed by atoms with Crippen molar-refractivity contribution in [2.45, 2.75) is 19.8 Å². The second kappa shape index (κ2) is 7.94. The molecular formula is C14H18BrNO3. The molecule has 0 radical (unpaired) electrons. The van der Waals surface area contributed by atoms with E-state index < -0.39 is 0 Å². The summed E-state index contributed by atoms with van der Waals surface area (Å²) in [4.78, 5) is 24.5. The maximum Gasteiger partial charge on any atom is 0.325 e. The number of carbonyl (C=O) groups is 2. The van der Waals surface area contributed by atoms with E-state index in [0.717, 1.165) is 10.0 Å². The molecule has 0 aromatic heterocycles. The zero-order valence-corrected chi connectivity index (χ0v) is 12.8. The van der Waals surface area contributed by atoms with Gasteiger partial charge in [0.05, 0.1) is 6.61 Å². The first-order valence-corrected chi connectivity index (χ1v) is 6.96. The average molecular weight is 328 g/mol. The predicted molar refractivity (Wildman–Crippen MR) is 76.7 cm³/mol. The topological polar surface area (TPSA) is 46.6 Å². The minimum absolute atomic E-state index is 0.00512. The van der Waals surface area contributed by atoms with Crippen LogP contribution in [0.3, 0.4) is 0 Å². The van der Waals surface area contributed by atoms with Crippen molar-refractivity contribution in [1.82, 2.24) is 4.90 Å². The summed E-state index contributed by atoms with van der Waals surface area (Å²) in [6.07, 6.45) is 1.04. The van der Waals surface area contributed by atoms with Crippen LogP contribution in [0.25, 0.3) is 0 Å². The molecule has 0 aliphatic carbocycles. The highest BCUT2D eigenvalue weighted by Gasteiger charge is 2.13. The fourth-order valence-electron chi connectivity index (χ4n) is 1.62. The zero-order chi connectivity index (χ0) is 14.3. The zero-order valence-electron chi connectivity index (χ0n) is 11.2. The van der Waals surface area contributed by atoms with Crippen LogP contribution < -0.4 is 0 Å². The molecule has 19 heavy (non-hydrogen) atoms. The van der Waals surface area contributed by atoms with Gasteiger partial charge in [0.1, 0.15) is 6.54 Å². The molecule has 0 spiro atoms. The second-order valence-electron chi connectivity index (χ2n) is 4.18. The molecule has 0 saturated heterocycles. The lowest BCUT2D eigenvalue weighted by Gasteiger charge is -2.16. The van der Waals surface area contributed by atoms with Crippen LogP contribution >= 0.6 is 15.9 Å². The van der Waals surface area contributed by atoms with Gasteiger partial charge in [-0.1, -0.05) is 28.1 Å². The number of hydrogen-bond acceptors (Lipinski definition) is 3. The van der Waals surface area contributed by atoms with Crippen molar-refractivity contribution in [2.75, 3.05) is 20.2 Å². The van der Waals surface area contributed by atoms with Gasteiger partial charge in [-0.15, -0.1) is 0 Å². The van der Waals surface area contributed by atoms with Gasteiger partial charge in [-0.25, -0.2) is 0 Å². The van der Waals surface area contributed by atoms with Crippen LogP contribution in [-0.2, 0) is 20.7 Å². The summed E-state index contributed by atoms with van der Waals surface area (Å²) in [7, 11) is 1.61. The molecule has 1 rings (SSSR count). The van der Waals surface area contributed by atoms with Gasteiger partial charge in [-0.3, -0.25) is 9.59 Å². The van der Waals surface area contributed by atoms with Crippen molar-refractivity contribution in [3.8, 4) is 0 Å². The second-order valence-corrected chi connectivity index (χ2v) is 5.10. The number of ether oxygens (including phenoxy) is 1. The number of aryl methyl sites for hydroxylation is 1. The average Bonchev–Trinajstić information content (AvgIpc) is 2.36. The highest BCUT2D eigenvalue weighted by atomic mass is 79.9. The normalized spacial score (nSPS) is 10.1. The Labute approximate surface area is 121 Å². The smallest absolute Gasteiger partial charge is 0.325 e. The number of nitrogens with zero attached hydrogens (tertiary/aromatic N) is 1. The lowest BCUT2D eigenvalue weighted by molar-refractivity contribution is -0.148. The molecule has 0 saturated carbocycles. The molecule has 0 bridgehead atoms. The third kappa shape index (κ3) is 5.87. The van der Waals surface area contributed by atoms with E-state index in [2.05, 4.69) is 15.9 Å². The number of carbonyl (C=O) groups excluding carboxylic acids is 2. The maximum absolute atomic E-state index is 11.8.